The molecule has 0 amide bonds. The molecule has 0 spiro atoms. The van der Waals surface area contributed by atoms with Gasteiger partial charge in [0.2, 0.25) is 0 Å². The summed E-state index contributed by atoms with van der Waals surface area (Å²) in [6.07, 6.45) is 1.08. The first-order valence-corrected chi connectivity index (χ1v) is 6.56. The van der Waals surface area contributed by atoms with Crippen LogP contribution in [0.1, 0.15) is 16.1 Å². The molecule has 21 heavy (non-hydrogen) atoms. The van der Waals surface area contributed by atoms with E-state index in [1.165, 1.54) is 24.3 Å². The average molecular weight is 317 g/mol. The number of thioether (sulfide) groups is 1. The van der Waals surface area contributed by atoms with Gasteiger partial charge >= 0.3 is 11.5 Å². The highest BCUT2D eigenvalue weighted by Gasteiger charge is 2.30. The number of carboxylic acid groups (broad SMARTS) is 1. The van der Waals surface area contributed by atoms with Crippen LogP contribution >= 0.6 is 11.8 Å². The van der Waals surface area contributed by atoms with Crippen LogP contribution in [0.25, 0.3) is 0 Å². The van der Waals surface area contributed by atoms with Crippen LogP contribution in [0.15, 0.2) is 45.9 Å². The van der Waals surface area contributed by atoms with Crippen molar-refractivity contribution in [1.29, 1.82) is 0 Å². The summed E-state index contributed by atoms with van der Waals surface area (Å²) in [5, 5.41) is 11.5. The van der Waals surface area contributed by atoms with Crippen molar-refractivity contribution in [1.82, 2.24) is 0 Å². The van der Waals surface area contributed by atoms with Gasteiger partial charge in [-0.15, -0.1) is 0 Å². The maximum atomic E-state index is 12.4. The fourth-order valence-electron chi connectivity index (χ4n) is 1.59. The number of carboxylic acids is 1. The second-order valence-electron chi connectivity index (χ2n) is 4.00. The zero-order chi connectivity index (χ0) is 15.5. The monoisotopic (exact) mass is 317 g/mol. The van der Waals surface area contributed by atoms with Gasteiger partial charge in [-0.3, -0.25) is 0 Å². The fourth-order valence-corrected chi connectivity index (χ4v) is 2.24. The van der Waals surface area contributed by atoms with Gasteiger partial charge < -0.3 is 14.8 Å². The number of hydrogen-bond acceptors (Lipinski definition) is 4. The fraction of sp³-hybridized carbons (Fsp3) is 0.154. The van der Waals surface area contributed by atoms with Crippen molar-refractivity contribution in [2.45, 2.75) is 16.9 Å². The highest BCUT2D eigenvalue weighted by atomic mass is 32.2. The lowest BCUT2D eigenvalue weighted by Crippen LogP contribution is -2.03. The van der Waals surface area contributed by atoms with E-state index in [-0.39, 0.29) is 28.8 Å². The Bertz CT molecular complexity index is 640. The molecule has 0 saturated heterocycles. The number of halogens is 3. The van der Waals surface area contributed by atoms with Gasteiger partial charge in [-0.1, -0.05) is 12.1 Å². The largest absolute Gasteiger partial charge is 0.478 e. The molecule has 112 valence electrons. The molecule has 0 fully saturated rings. The average Bonchev–Trinajstić information content (AvgIpc) is 2.85. The second-order valence-corrected chi connectivity index (χ2v) is 5.11. The minimum atomic E-state index is -4.38. The van der Waals surface area contributed by atoms with Crippen molar-refractivity contribution in [2.75, 3.05) is 5.32 Å². The number of anilines is 1. The molecule has 0 saturated carbocycles. The zero-order valence-corrected chi connectivity index (χ0v) is 11.3. The number of para-hydroxylation sites is 1. The molecule has 0 aliphatic carbocycles. The van der Waals surface area contributed by atoms with Crippen LogP contribution < -0.4 is 5.32 Å². The van der Waals surface area contributed by atoms with Gasteiger partial charge in [0, 0.05) is 10.6 Å². The minimum Gasteiger partial charge on any atom is -0.478 e. The molecule has 4 nitrogen and oxygen atoms in total. The van der Waals surface area contributed by atoms with Crippen LogP contribution in [0.4, 0.5) is 18.9 Å². The predicted octanol–water partition coefficient (Wildman–Crippen LogP) is 4.20. The molecule has 1 aromatic heterocycles. The van der Waals surface area contributed by atoms with Gasteiger partial charge in [-0.25, -0.2) is 4.79 Å². The van der Waals surface area contributed by atoms with Gasteiger partial charge in [-0.2, -0.15) is 13.2 Å². The quantitative estimate of drug-likeness (QED) is 0.809. The Morgan fingerprint density at radius 2 is 2.05 bits per heavy atom. The smallest absolute Gasteiger partial charge is 0.446 e. The number of alkyl halides is 3. The summed E-state index contributed by atoms with van der Waals surface area (Å²) in [5.41, 5.74) is -4.09. The Morgan fingerprint density at radius 1 is 1.33 bits per heavy atom. The van der Waals surface area contributed by atoms with Crippen LogP contribution in [0.2, 0.25) is 0 Å². The summed E-state index contributed by atoms with van der Waals surface area (Å²) in [5.74, 6) is -0.808. The first-order valence-electron chi connectivity index (χ1n) is 5.74. The van der Waals surface area contributed by atoms with Gasteiger partial charge in [0.05, 0.1) is 12.1 Å². The Labute approximate surface area is 122 Å². The lowest BCUT2D eigenvalue weighted by Gasteiger charge is -2.12. The maximum absolute atomic E-state index is 12.4. The summed E-state index contributed by atoms with van der Waals surface area (Å²) in [7, 11) is 0. The van der Waals surface area contributed by atoms with E-state index in [2.05, 4.69) is 5.32 Å². The Hall–Kier alpha value is -2.09. The number of benzene rings is 1. The lowest BCUT2D eigenvalue weighted by atomic mass is 10.3. The van der Waals surface area contributed by atoms with E-state index in [0.29, 0.717) is 11.4 Å². The van der Waals surface area contributed by atoms with Crippen LogP contribution in [-0.2, 0) is 6.54 Å². The minimum absolute atomic E-state index is 0.00949. The first-order chi connectivity index (χ1) is 9.85. The molecule has 2 rings (SSSR count). The molecular weight excluding hydrogens is 307 g/mol. The van der Waals surface area contributed by atoms with Crippen molar-refractivity contribution in [3.05, 3.63) is 47.9 Å². The van der Waals surface area contributed by atoms with Crippen LogP contribution in [-0.4, -0.2) is 16.6 Å². The van der Waals surface area contributed by atoms with Crippen LogP contribution in [0.3, 0.4) is 0 Å². The summed E-state index contributed by atoms with van der Waals surface area (Å²) < 4.78 is 42.3. The highest BCUT2D eigenvalue weighted by molar-refractivity contribution is 8.00. The van der Waals surface area contributed by atoms with Crippen molar-refractivity contribution in [3.8, 4) is 0 Å². The SMILES string of the molecule is O=C(O)c1coc(CNc2ccccc2SC(F)(F)F)c1. The molecule has 2 N–H and O–H groups in total. The van der Waals surface area contributed by atoms with Gasteiger partial charge in [0.25, 0.3) is 0 Å². The molecule has 1 heterocycles. The highest BCUT2D eigenvalue weighted by Crippen LogP contribution is 2.40. The van der Waals surface area contributed by atoms with E-state index in [0.717, 1.165) is 6.26 Å². The molecular formula is C13H10F3NO3S. The summed E-state index contributed by atoms with van der Waals surface area (Å²) >= 11 is -0.215. The molecule has 1 aromatic carbocycles. The molecule has 0 unspecified atom stereocenters. The third-order valence-corrected chi connectivity index (χ3v) is 3.27. The molecule has 0 aliphatic heterocycles. The normalized spacial score (nSPS) is 11.4. The van der Waals surface area contributed by atoms with Crippen molar-refractivity contribution < 1.29 is 27.5 Å². The first kappa shape index (κ1) is 15.3. The molecule has 0 bridgehead atoms. The molecule has 0 aliphatic rings. The molecule has 0 radical (unpaired) electrons. The molecule has 0 atom stereocenters. The zero-order valence-electron chi connectivity index (χ0n) is 10.5. The summed E-state index contributed by atoms with van der Waals surface area (Å²) in [6, 6.07) is 7.29. The van der Waals surface area contributed by atoms with Crippen LogP contribution in [0.5, 0.6) is 0 Å². The van der Waals surface area contributed by atoms with E-state index in [9.17, 15) is 18.0 Å². The number of rotatable bonds is 5. The lowest BCUT2D eigenvalue weighted by molar-refractivity contribution is -0.0328. The predicted molar refractivity (Wildman–Crippen MR) is 71.3 cm³/mol. The van der Waals surface area contributed by atoms with E-state index in [1.54, 1.807) is 6.07 Å². The van der Waals surface area contributed by atoms with Crippen molar-refractivity contribution >= 4 is 23.4 Å². The molecule has 2 aromatic rings. The maximum Gasteiger partial charge on any atom is 0.446 e. The van der Waals surface area contributed by atoms with Crippen molar-refractivity contribution in [3.63, 3.8) is 0 Å². The van der Waals surface area contributed by atoms with Gasteiger partial charge in [0.15, 0.2) is 0 Å². The van der Waals surface area contributed by atoms with Gasteiger partial charge in [0.1, 0.15) is 12.0 Å². The number of nitrogens with one attached hydrogen (secondary N) is 1. The number of hydrogen-bond donors (Lipinski definition) is 2. The van der Waals surface area contributed by atoms with Crippen LogP contribution in [0, 0.1) is 0 Å². The third-order valence-electron chi connectivity index (χ3n) is 2.47. The summed E-state index contributed by atoms with van der Waals surface area (Å²) in [4.78, 5) is 10.7. The standard InChI is InChI=1S/C13H10F3NO3S/c14-13(15,16)21-11-4-2-1-3-10(11)17-6-9-5-8(7-20-9)12(18)19/h1-5,7,17H,6H2,(H,18,19). The Morgan fingerprint density at radius 3 is 2.67 bits per heavy atom. The number of furan rings is 1. The van der Waals surface area contributed by atoms with E-state index in [4.69, 9.17) is 9.52 Å². The summed E-state index contributed by atoms with van der Waals surface area (Å²) in [6.45, 7) is 0.0860. The van der Waals surface area contributed by atoms with E-state index in [1.807, 2.05) is 0 Å². The van der Waals surface area contributed by atoms with E-state index < -0.39 is 11.5 Å². The van der Waals surface area contributed by atoms with Gasteiger partial charge in [-0.05, 0) is 30.0 Å². The molecule has 8 heteroatoms. The topological polar surface area (TPSA) is 62.5 Å². The Balaban J connectivity index is 2.07. The number of carbonyl (C=O) groups is 1. The number of aromatic carboxylic acids is 1. The van der Waals surface area contributed by atoms with Crippen molar-refractivity contribution in [2.24, 2.45) is 0 Å². The second kappa shape index (κ2) is 6.13. The third kappa shape index (κ3) is 4.45. The van der Waals surface area contributed by atoms with E-state index >= 15 is 0 Å². The Kier molecular flexibility index (Phi) is 4.46.